The number of amides is 1. The van der Waals surface area contributed by atoms with Gasteiger partial charge in [0.2, 0.25) is 0 Å². The molecule has 2 aromatic rings. The van der Waals surface area contributed by atoms with E-state index < -0.39 is 5.91 Å². The second kappa shape index (κ2) is 6.11. The Labute approximate surface area is 126 Å². The fraction of sp³-hybridized carbons (Fsp3) is 0.143. The topological polar surface area (TPSA) is 54.6 Å². The highest BCUT2D eigenvalue weighted by Gasteiger charge is 2.10. The fourth-order valence-electron chi connectivity index (χ4n) is 1.55. The average molecular weight is 311 g/mol. The van der Waals surface area contributed by atoms with Gasteiger partial charge in [0.1, 0.15) is 17.2 Å². The maximum Gasteiger partial charge on any atom is 0.272 e. The van der Waals surface area contributed by atoms with Crippen molar-refractivity contribution in [2.45, 2.75) is 13.8 Å². The summed E-state index contributed by atoms with van der Waals surface area (Å²) in [5.41, 5.74) is 3.30. The van der Waals surface area contributed by atoms with Crippen molar-refractivity contribution in [2.24, 2.45) is 5.10 Å². The highest BCUT2D eigenvalue weighted by Crippen LogP contribution is 2.20. The zero-order valence-corrected chi connectivity index (χ0v) is 12.4. The molecule has 4 nitrogen and oxygen atoms in total. The Bertz CT molecular complexity index is 678. The van der Waals surface area contributed by atoms with Gasteiger partial charge in [-0.15, -0.1) is 0 Å². The third kappa shape index (κ3) is 3.40. The van der Waals surface area contributed by atoms with Crippen LogP contribution in [0.3, 0.4) is 0 Å². The molecule has 20 heavy (non-hydrogen) atoms. The smallest absolute Gasteiger partial charge is 0.272 e. The van der Waals surface area contributed by atoms with Crippen molar-refractivity contribution >= 4 is 34.8 Å². The first kappa shape index (κ1) is 14.6. The number of nitrogens with zero attached hydrogens (tertiary/aromatic N) is 1. The maximum absolute atomic E-state index is 11.9. The Hall–Kier alpha value is -1.78. The minimum Gasteiger partial charge on any atom is -0.460 e. The summed E-state index contributed by atoms with van der Waals surface area (Å²) in [6.45, 7) is 3.57. The summed E-state index contributed by atoms with van der Waals surface area (Å²) >= 11 is 11.7. The standard InChI is InChI=1S/C14H12Cl2N2O2/c1-8-3-6-13(20-8)9(2)17-18-14(19)11-5-4-10(15)7-12(11)16/h3-7H,1-2H3,(H,18,19). The van der Waals surface area contributed by atoms with E-state index in [1.807, 2.05) is 13.0 Å². The number of rotatable bonds is 3. The third-order valence-electron chi connectivity index (χ3n) is 2.60. The second-order valence-electron chi connectivity index (χ2n) is 4.17. The predicted octanol–water partition coefficient (Wildman–Crippen LogP) is 4.05. The van der Waals surface area contributed by atoms with Gasteiger partial charge in [-0.1, -0.05) is 23.2 Å². The first-order chi connectivity index (χ1) is 9.47. The van der Waals surface area contributed by atoms with Crippen LogP contribution in [0.2, 0.25) is 10.0 Å². The molecule has 0 saturated heterocycles. The van der Waals surface area contributed by atoms with Crippen molar-refractivity contribution in [3.63, 3.8) is 0 Å². The Morgan fingerprint density at radius 2 is 2.00 bits per heavy atom. The first-order valence-corrected chi connectivity index (χ1v) is 6.59. The van der Waals surface area contributed by atoms with Gasteiger partial charge in [-0.2, -0.15) is 5.10 Å². The van der Waals surface area contributed by atoms with Crippen LogP contribution in [0.15, 0.2) is 39.9 Å². The first-order valence-electron chi connectivity index (χ1n) is 5.84. The van der Waals surface area contributed by atoms with E-state index in [0.717, 1.165) is 5.76 Å². The molecule has 0 radical (unpaired) electrons. The molecule has 1 N–H and O–H groups in total. The summed E-state index contributed by atoms with van der Waals surface area (Å²) in [6.07, 6.45) is 0. The zero-order valence-electron chi connectivity index (χ0n) is 10.9. The van der Waals surface area contributed by atoms with Crippen LogP contribution in [0, 0.1) is 6.92 Å². The van der Waals surface area contributed by atoms with E-state index in [1.54, 1.807) is 25.1 Å². The lowest BCUT2D eigenvalue weighted by Gasteiger charge is -2.03. The molecule has 0 aliphatic rings. The van der Waals surface area contributed by atoms with E-state index in [2.05, 4.69) is 10.5 Å². The van der Waals surface area contributed by atoms with Gasteiger partial charge >= 0.3 is 0 Å². The SMILES string of the molecule is CC(=NNC(=O)c1ccc(Cl)cc1Cl)c1ccc(C)o1. The van der Waals surface area contributed by atoms with Crippen molar-refractivity contribution in [1.82, 2.24) is 5.43 Å². The van der Waals surface area contributed by atoms with Crippen LogP contribution in [-0.2, 0) is 0 Å². The van der Waals surface area contributed by atoms with E-state index in [4.69, 9.17) is 27.6 Å². The molecule has 1 aromatic carbocycles. The fourth-order valence-corrected chi connectivity index (χ4v) is 2.05. The second-order valence-corrected chi connectivity index (χ2v) is 5.02. The van der Waals surface area contributed by atoms with E-state index in [9.17, 15) is 4.79 Å². The van der Waals surface area contributed by atoms with Gasteiger partial charge in [-0.05, 0) is 44.2 Å². The van der Waals surface area contributed by atoms with Crippen LogP contribution in [-0.4, -0.2) is 11.6 Å². The molecule has 1 heterocycles. The molecule has 6 heteroatoms. The quantitative estimate of drug-likeness (QED) is 0.687. The number of nitrogens with one attached hydrogen (secondary N) is 1. The normalized spacial score (nSPS) is 11.5. The minimum absolute atomic E-state index is 0.275. The van der Waals surface area contributed by atoms with Gasteiger partial charge in [0.25, 0.3) is 5.91 Å². The van der Waals surface area contributed by atoms with Crippen molar-refractivity contribution in [3.8, 4) is 0 Å². The maximum atomic E-state index is 11.9. The van der Waals surface area contributed by atoms with Crippen molar-refractivity contribution in [2.75, 3.05) is 0 Å². The molecule has 0 aliphatic carbocycles. The zero-order chi connectivity index (χ0) is 14.7. The molecule has 0 spiro atoms. The van der Waals surface area contributed by atoms with Gasteiger partial charge in [-0.3, -0.25) is 4.79 Å². The number of furan rings is 1. The molecule has 0 aliphatic heterocycles. The van der Waals surface area contributed by atoms with Crippen LogP contribution in [0.5, 0.6) is 0 Å². The van der Waals surface area contributed by atoms with E-state index in [-0.39, 0.29) is 5.02 Å². The summed E-state index contributed by atoms with van der Waals surface area (Å²) in [5.74, 6) is 0.973. The van der Waals surface area contributed by atoms with Crippen molar-refractivity contribution in [1.29, 1.82) is 0 Å². The monoisotopic (exact) mass is 310 g/mol. The van der Waals surface area contributed by atoms with Gasteiger partial charge in [0.05, 0.1) is 10.6 Å². The van der Waals surface area contributed by atoms with Gasteiger partial charge < -0.3 is 4.42 Å². The number of hydrogen-bond acceptors (Lipinski definition) is 3. The largest absolute Gasteiger partial charge is 0.460 e. The number of carbonyl (C=O) groups excluding carboxylic acids is 1. The van der Waals surface area contributed by atoms with E-state index in [1.165, 1.54) is 6.07 Å². The lowest BCUT2D eigenvalue weighted by Crippen LogP contribution is -2.19. The average Bonchev–Trinajstić information content (AvgIpc) is 2.82. The molecular formula is C14H12Cl2N2O2. The Morgan fingerprint density at radius 3 is 2.60 bits per heavy atom. The molecule has 2 rings (SSSR count). The summed E-state index contributed by atoms with van der Waals surface area (Å²) in [5, 5.41) is 4.72. The van der Waals surface area contributed by atoms with Crippen LogP contribution in [0.1, 0.15) is 28.8 Å². The summed E-state index contributed by atoms with van der Waals surface area (Å²) < 4.78 is 5.40. The summed E-state index contributed by atoms with van der Waals surface area (Å²) in [6, 6.07) is 8.25. The van der Waals surface area contributed by atoms with Crippen LogP contribution in [0.4, 0.5) is 0 Å². The molecule has 0 bridgehead atoms. The molecule has 0 saturated carbocycles. The number of carbonyl (C=O) groups is 1. The Morgan fingerprint density at radius 1 is 1.25 bits per heavy atom. The molecule has 0 unspecified atom stereocenters. The van der Waals surface area contributed by atoms with Gasteiger partial charge in [-0.25, -0.2) is 5.43 Å². The number of aryl methyl sites for hydroxylation is 1. The molecule has 1 aromatic heterocycles. The lowest BCUT2D eigenvalue weighted by molar-refractivity contribution is 0.0955. The van der Waals surface area contributed by atoms with Crippen LogP contribution < -0.4 is 5.43 Å². The summed E-state index contributed by atoms with van der Waals surface area (Å²) in [4.78, 5) is 11.9. The minimum atomic E-state index is -0.408. The highest BCUT2D eigenvalue weighted by atomic mass is 35.5. The van der Waals surface area contributed by atoms with Crippen LogP contribution >= 0.6 is 23.2 Å². The van der Waals surface area contributed by atoms with Gasteiger partial charge in [0, 0.05) is 5.02 Å². The molecule has 1 amide bonds. The molecule has 0 fully saturated rings. The molecule has 0 atom stereocenters. The third-order valence-corrected chi connectivity index (χ3v) is 3.15. The number of benzene rings is 1. The lowest BCUT2D eigenvalue weighted by atomic mass is 10.2. The van der Waals surface area contributed by atoms with Crippen molar-refractivity contribution in [3.05, 3.63) is 57.5 Å². The highest BCUT2D eigenvalue weighted by molar-refractivity contribution is 6.36. The van der Waals surface area contributed by atoms with Crippen molar-refractivity contribution < 1.29 is 9.21 Å². The Balaban J connectivity index is 2.12. The van der Waals surface area contributed by atoms with E-state index in [0.29, 0.717) is 22.1 Å². The predicted molar refractivity (Wildman–Crippen MR) is 79.6 cm³/mol. The Kier molecular flexibility index (Phi) is 4.47. The summed E-state index contributed by atoms with van der Waals surface area (Å²) in [7, 11) is 0. The molecule has 104 valence electrons. The van der Waals surface area contributed by atoms with Gasteiger partial charge in [0.15, 0.2) is 0 Å². The van der Waals surface area contributed by atoms with E-state index >= 15 is 0 Å². The number of hydrogen-bond donors (Lipinski definition) is 1. The molecular weight excluding hydrogens is 299 g/mol. The number of hydrazone groups is 1. The number of halogens is 2. The van der Waals surface area contributed by atoms with Crippen LogP contribution in [0.25, 0.3) is 0 Å².